The summed E-state index contributed by atoms with van der Waals surface area (Å²) < 4.78 is 49.9. The number of ketones is 1. The minimum Gasteiger partial charge on any atom is -0.476 e. The van der Waals surface area contributed by atoms with Gasteiger partial charge in [-0.3, -0.25) is 0 Å². The van der Waals surface area contributed by atoms with Gasteiger partial charge in [-0.05, 0) is 55.4 Å². The maximum absolute atomic E-state index is 12.8. The zero-order valence-electron chi connectivity index (χ0n) is 17.4. The molecule has 0 amide bonds. The van der Waals surface area contributed by atoms with Crippen LogP contribution in [0.1, 0.15) is 38.7 Å². The van der Waals surface area contributed by atoms with Crippen LogP contribution in [0.5, 0.6) is 5.88 Å². The highest BCUT2D eigenvalue weighted by atomic mass is 35.5. The number of Topliss-reactive ketones (excluding diaryl/α,β-unsaturated/α-hetero) is 1. The first kappa shape index (κ1) is 23.5. The SMILES string of the molecule is CC(=O)C[C@@H](C)COC1CC(COc2nccc(-c3ccc(C(F)(F)F)cc3)c2Cl)C1. The van der Waals surface area contributed by atoms with Crippen molar-refractivity contribution in [2.24, 2.45) is 11.8 Å². The first-order valence-corrected chi connectivity index (χ1v) is 10.6. The fourth-order valence-electron chi connectivity index (χ4n) is 3.58. The van der Waals surface area contributed by atoms with Gasteiger partial charge in [-0.1, -0.05) is 30.7 Å². The van der Waals surface area contributed by atoms with Gasteiger partial charge < -0.3 is 14.3 Å². The molecule has 1 aliphatic rings. The van der Waals surface area contributed by atoms with E-state index in [1.807, 2.05) is 6.92 Å². The van der Waals surface area contributed by atoms with Crippen LogP contribution in [0.3, 0.4) is 0 Å². The van der Waals surface area contributed by atoms with Gasteiger partial charge in [0.1, 0.15) is 10.8 Å². The number of carbonyl (C=O) groups is 1. The van der Waals surface area contributed by atoms with Gasteiger partial charge in [-0.15, -0.1) is 0 Å². The summed E-state index contributed by atoms with van der Waals surface area (Å²) in [6.07, 6.45) is -0.433. The van der Waals surface area contributed by atoms with Crippen LogP contribution in [-0.2, 0) is 15.7 Å². The monoisotopic (exact) mass is 455 g/mol. The van der Waals surface area contributed by atoms with E-state index in [2.05, 4.69) is 4.98 Å². The Bertz CT molecular complexity index is 896. The summed E-state index contributed by atoms with van der Waals surface area (Å²) in [5.74, 6) is 0.960. The van der Waals surface area contributed by atoms with E-state index in [9.17, 15) is 18.0 Å². The number of pyridine rings is 1. The molecule has 1 fully saturated rings. The number of benzene rings is 1. The van der Waals surface area contributed by atoms with Crippen molar-refractivity contribution >= 4 is 17.4 Å². The van der Waals surface area contributed by atoms with Crippen LogP contribution in [-0.4, -0.2) is 30.1 Å². The van der Waals surface area contributed by atoms with E-state index in [1.54, 1.807) is 13.0 Å². The van der Waals surface area contributed by atoms with Crippen molar-refractivity contribution in [1.82, 2.24) is 4.98 Å². The van der Waals surface area contributed by atoms with Crippen LogP contribution in [0, 0.1) is 11.8 Å². The molecule has 0 radical (unpaired) electrons. The molecule has 4 nitrogen and oxygen atoms in total. The van der Waals surface area contributed by atoms with Crippen molar-refractivity contribution in [3.63, 3.8) is 0 Å². The zero-order chi connectivity index (χ0) is 22.6. The smallest absolute Gasteiger partial charge is 0.416 e. The molecule has 1 aromatic carbocycles. The minimum atomic E-state index is -4.38. The number of hydrogen-bond donors (Lipinski definition) is 0. The lowest BCUT2D eigenvalue weighted by Gasteiger charge is -2.35. The molecule has 0 spiro atoms. The lowest BCUT2D eigenvalue weighted by Crippen LogP contribution is -2.36. The fraction of sp³-hybridized carbons (Fsp3) is 0.478. The van der Waals surface area contributed by atoms with Crippen molar-refractivity contribution in [2.45, 2.75) is 45.4 Å². The zero-order valence-corrected chi connectivity index (χ0v) is 18.2. The first-order valence-electron chi connectivity index (χ1n) is 10.2. The van der Waals surface area contributed by atoms with Crippen molar-refractivity contribution in [2.75, 3.05) is 13.2 Å². The predicted molar refractivity (Wildman–Crippen MR) is 112 cm³/mol. The molecule has 1 aromatic heterocycles. The van der Waals surface area contributed by atoms with Gasteiger partial charge in [0.25, 0.3) is 0 Å². The van der Waals surface area contributed by atoms with Crippen molar-refractivity contribution in [3.8, 4) is 17.0 Å². The highest BCUT2D eigenvalue weighted by molar-refractivity contribution is 6.34. The Morgan fingerprint density at radius 3 is 2.52 bits per heavy atom. The highest BCUT2D eigenvalue weighted by Gasteiger charge is 2.32. The van der Waals surface area contributed by atoms with Crippen LogP contribution in [0.25, 0.3) is 11.1 Å². The molecule has 1 aliphatic carbocycles. The average Bonchev–Trinajstić information content (AvgIpc) is 2.66. The average molecular weight is 456 g/mol. The van der Waals surface area contributed by atoms with Crippen LogP contribution in [0.2, 0.25) is 5.02 Å². The van der Waals surface area contributed by atoms with E-state index < -0.39 is 11.7 Å². The van der Waals surface area contributed by atoms with E-state index in [1.165, 1.54) is 18.3 Å². The minimum absolute atomic E-state index is 0.166. The van der Waals surface area contributed by atoms with Gasteiger partial charge >= 0.3 is 6.18 Å². The molecular formula is C23H25ClF3NO3. The summed E-state index contributed by atoms with van der Waals surface area (Å²) in [6.45, 7) is 4.59. The molecule has 3 rings (SSSR count). The summed E-state index contributed by atoms with van der Waals surface area (Å²) >= 11 is 6.41. The van der Waals surface area contributed by atoms with Gasteiger partial charge in [-0.2, -0.15) is 13.2 Å². The number of hydrogen-bond acceptors (Lipinski definition) is 4. The van der Waals surface area contributed by atoms with Gasteiger partial charge in [0.05, 0.1) is 18.3 Å². The molecule has 0 N–H and O–H groups in total. The molecule has 168 valence electrons. The summed E-state index contributed by atoms with van der Waals surface area (Å²) in [7, 11) is 0. The van der Waals surface area contributed by atoms with E-state index >= 15 is 0 Å². The summed E-state index contributed by atoms with van der Waals surface area (Å²) in [5, 5.41) is 0.271. The van der Waals surface area contributed by atoms with Crippen LogP contribution in [0.15, 0.2) is 36.5 Å². The molecule has 2 aromatic rings. The third-order valence-corrected chi connectivity index (χ3v) is 5.65. The Labute approximate surface area is 184 Å². The molecule has 0 unspecified atom stereocenters. The van der Waals surface area contributed by atoms with E-state index in [0.29, 0.717) is 36.7 Å². The quantitative estimate of drug-likeness (QED) is 0.451. The summed E-state index contributed by atoms with van der Waals surface area (Å²) in [6, 6.07) is 6.47. The van der Waals surface area contributed by atoms with Crippen LogP contribution < -0.4 is 4.74 Å². The Balaban J connectivity index is 1.51. The van der Waals surface area contributed by atoms with Crippen molar-refractivity contribution in [1.29, 1.82) is 0 Å². The second-order valence-electron chi connectivity index (χ2n) is 8.17. The number of nitrogens with zero attached hydrogens (tertiary/aromatic N) is 1. The molecule has 31 heavy (non-hydrogen) atoms. The standard InChI is InChI=1S/C23H25ClF3NO3/c1-14(9-15(2)29)12-30-19-10-16(11-19)13-31-22-21(24)20(7-8-28-22)17-3-5-18(6-4-17)23(25,26)27/h3-8,14,16,19H,9-13H2,1-2H3/t14-,16?,19?/m1/s1. The lowest BCUT2D eigenvalue weighted by molar-refractivity contribution is -0.137. The maximum atomic E-state index is 12.8. The van der Waals surface area contributed by atoms with E-state index in [4.69, 9.17) is 21.1 Å². The predicted octanol–water partition coefficient (Wildman–Crippen LogP) is 6.21. The fourth-order valence-corrected chi connectivity index (χ4v) is 3.86. The van der Waals surface area contributed by atoms with Gasteiger partial charge in [0.15, 0.2) is 0 Å². The second kappa shape index (κ2) is 10.0. The maximum Gasteiger partial charge on any atom is 0.416 e. The van der Waals surface area contributed by atoms with Crippen LogP contribution in [0.4, 0.5) is 13.2 Å². The van der Waals surface area contributed by atoms with E-state index in [0.717, 1.165) is 25.0 Å². The topological polar surface area (TPSA) is 48.4 Å². The Morgan fingerprint density at radius 2 is 1.90 bits per heavy atom. The number of alkyl halides is 3. The molecule has 0 bridgehead atoms. The first-order chi connectivity index (χ1) is 14.6. The Morgan fingerprint density at radius 1 is 1.23 bits per heavy atom. The molecule has 1 saturated carbocycles. The summed E-state index contributed by atoms with van der Waals surface area (Å²) in [5.41, 5.74) is 0.409. The van der Waals surface area contributed by atoms with E-state index in [-0.39, 0.29) is 28.7 Å². The van der Waals surface area contributed by atoms with Crippen LogP contribution >= 0.6 is 11.6 Å². The van der Waals surface area contributed by atoms with Gasteiger partial charge in [0.2, 0.25) is 5.88 Å². The number of ether oxygens (including phenoxy) is 2. The summed E-state index contributed by atoms with van der Waals surface area (Å²) in [4.78, 5) is 15.3. The number of carbonyl (C=O) groups excluding carboxylic acids is 1. The number of rotatable bonds is 9. The van der Waals surface area contributed by atoms with Gasteiger partial charge in [0, 0.05) is 24.8 Å². The third kappa shape index (κ3) is 6.43. The molecular weight excluding hydrogens is 431 g/mol. The molecule has 0 saturated heterocycles. The van der Waals surface area contributed by atoms with Crippen molar-refractivity contribution in [3.05, 3.63) is 47.1 Å². The Hall–Kier alpha value is -2.12. The lowest BCUT2D eigenvalue weighted by atomic mass is 9.83. The molecule has 8 heteroatoms. The highest BCUT2D eigenvalue weighted by Crippen LogP contribution is 2.37. The molecule has 0 aliphatic heterocycles. The molecule has 1 atom stereocenters. The normalized spacial score (nSPS) is 19.5. The van der Waals surface area contributed by atoms with Gasteiger partial charge in [-0.25, -0.2) is 4.98 Å². The number of halogens is 4. The van der Waals surface area contributed by atoms with Crippen molar-refractivity contribution < 1.29 is 27.4 Å². The Kier molecular flexibility index (Phi) is 7.59. The third-order valence-electron chi connectivity index (χ3n) is 5.28. The second-order valence-corrected chi connectivity index (χ2v) is 8.55. The largest absolute Gasteiger partial charge is 0.476 e. The molecule has 1 heterocycles. The number of aromatic nitrogens is 1.